The largest absolute Gasteiger partial charge is 0.384 e. The smallest absolute Gasteiger partial charge is 0.109 e. The van der Waals surface area contributed by atoms with Gasteiger partial charge in [-0.05, 0) is 12.1 Å². The van der Waals surface area contributed by atoms with Crippen molar-refractivity contribution >= 4 is 34.2 Å². The zero-order valence-electron chi connectivity index (χ0n) is 8.18. The van der Waals surface area contributed by atoms with E-state index < -0.39 is 0 Å². The van der Waals surface area contributed by atoms with Crippen LogP contribution in [0.2, 0.25) is 10.0 Å². The highest BCUT2D eigenvalue weighted by Gasteiger charge is 2.06. The standard InChI is InChI=1S/C10H10Cl2N2O/c1-15-3-2-10-13-8-4-6(11)7(12)5-9(8)14-10/h4-5H,2-3H2,1H3,(H,13,14). The number of aromatic amines is 1. The average Bonchev–Trinajstić information content (AvgIpc) is 2.58. The van der Waals surface area contributed by atoms with Crippen molar-refractivity contribution in [3.63, 3.8) is 0 Å². The second-order valence-corrected chi connectivity index (χ2v) is 4.02. The Morgan fingerprint density at radius 2 is 2.07 bits per heavy atom. The molecule has 0 saturated carbocycles. The molecule has 0 bridgehead atoms. The summed E-state index contributed by atoms with van der Waals surface area (Å²) in [6.45, 7) is 0.640. The third kappa shape index (κ3) is 2.25. The van der Waals surface area contributed by atoms with Gasteiger partial charge in [0, 0.05) is 13.5 Å². The molecule has 0 amide bonds. The number of methoxy groups -OCH3 is 1. The van der Waals surface area contributed by atoms with Gasteiger partial charge in [0.2, 0.25) is 0 Å². The second kappa shape index (κ2) is 4.39. The lowest BCUT2D eigenvalue weighted by Gasteiger charge is -1.93. The highest BCUT2D eigenvalue weighted by Crippen LogP contribution is 2.26. The Labute approximate surface area is 97.4 Å². The topological polar surface area (TPSA) is 37.9 Å². The predicted octanol–water partition coefficient (Wildman–Crippen LogP) is 3.06. The van der Waals surface area contributed by atoms with Gasteiger partial charge in [0.05, 0.1) is 27.7 Å². The summed E-state index contributed by atoms with van der Waals surface area (Å²) in [7, 11) is 1.66. The minimum atomic E-state index is 0.522. The number of halogens is 2. The van der Waals surface area contributed by atoms with Gasteiger partial charge in [-0.2, -0.15) is 0 Å². The van der Waals surface area contributed by atoms with Crippen LogP contribution in [0.15, 0.2) is 12.1 Å². The molecule has 0 fully saturated rings. The molecule has 0 aliphatic heterocycles. The number of benzene rings is 1. The monoisotopic (exact) mass is 244 g/mol. The van der Waals surface area contributed by atoms with E-state index in [0.717, 1.165) is 23.3 Å². The van der Waals surface area contributed by atoms with Crippen LogP contribution in [0.5, 0.6) is 0 Å². The minimum absolute atomic E-state index is 0.522. The molecule has 0 unspecified atom stereocenters. The maximum Gasteiger partial charge on any atom is 0.109 e. The zero-order valence-corrected chi connectivity index (χ0v) is 9.69. The fourth-order valence-electron chi connectivity index (χ4n) is 1.37. The molecule has 3 nitrogen and oxygen atoms in total. The van der Waals surface area contributed by atoms with Gasteiger partial charge >= 0.3 is 0 Å². The number of ether oxygens (including phenoxy) is 1. The predicted molar refractivity (Wildman–Crippen MR) is 61.7 cm³/mol. The number of hydrogen-bond acceptors (Lipinski definition) is 2. The highest BCUT2D eigenvalue weighted by atomic mass is 35.5. The number of imidazole rings is 1. The first kappa shape index (κ1) is 10.7. The van der Waals surface area contributed by atoms with Crippen molar-refractivity contribution in [3.8, 4) is 0 Å². The molecule has 0 aliphatic carbocycles. The van der Waals surface area contributed by atoms with Gasteiger partial charge in [-0.25, -0.2) is 4.98 Å². The summed E-state index contributed by atoms with van der Waals surface area (Å²) in [6.07, 6.45) is 0.750. The van der Waals surface area contributed by atoms with Crippen LogP contribution >= 0.6 is 23.2 Å². The lowest BCUT2D eigenvalue weighted by Crippen LogP contribution is -1.95. The van der Waals surface area contributed by atoms with E-state index in [1.165, 1.54) is 0 Å². The van der Waals surface area contributed by atoms with Crippen molar-refractivity contribution < 1.29 is 4.74 Å². The molecule has 1 N–H and O–H groups in total. The number of nitrogens with zero attached hydrogens (tertiary/aromatic N) is 1. The van der Waals surface area contributed by atoms with Gasteiger partial charge in [0.15, 0.2) is 0 Å². The molecular formula is C10H10Cl2N2O. The molecule has 5 heteroatoms. The van der Waals surface area contributed by atoms with Gasteiger partial charge in [-0.3, -0.25) is 0 Å². The van der Waals surface area contributed by atoms with Crippen LogP contribution in [0.3, 0.4) is 0 Å². The van der Waals surface area contributed by atoms with Crippen LogP contribution in [0.25, 0.3) is 11.0 Å². The minimum Gasteiger partial charge on any atom is -0.384 e. The molecule has 0 atom stereocenters. The molecule has 2 rings (SSSR count). The highest BCUT2D eigenvalue weighted by molar-refractivity contribution is 6.42. The molecule has 80 valence electrons. The first-order valence-electron chi connectivity index (χ1n) is 4.53. The number of rotatable bonds is 3. The molecular weight excluding hydrogens is 235 g/mol. The van der Waals surface area contributed by atoms with Gasteiger partial charge < -0.3 is 9.72 Å². The van der Waals surface area contributed by atoms with Crippen LogP contribution in [0.4, 0.5) is 0 Å². The Hall–Kier alpha value is -0.770. The van der Waals surface area contributed by atoms with Gasteiger partial charge in [0.25, 0.3) is 0 Å². The molecule has 1 aromatic heterocycles. The van der Waals surface area contributed by atoms with Crippen molar-refractivity contribution in [1.29, 1.82) is 0 Å². The van der Waals surface area contributed by atoms with Crippen molar-refractivity contribution in [2.45, 2.75) is 6.42 Å². The van der Waals surface area contributed by atoms with Crippen LogP contribution in [0, 0.1) is 0 Å². The quantitative estimate of drug-likeness (QED) is 0.902. The third-order valence-corrected chi connectivity index (χ3v) is 2.84. The second-order valence-electron chi connectivity index (χ2n) is 3.21. The summed E-state index contributed by atoms with van der Waals surface area (Å²) in [6, 6.07) is 3.54. The molecule has 0 spiro atoms. The number of hydrogen-bond donors (Lipinski definition) is 1. The van der Waals surface area contributed by atoms with Crippen LogP contribution in [-0.2, 0) is 11.2 Å². The number of aromatic nitrogens is 2. The van der Waals surface area contributed by atoms with E-state index in [1.54, 1.807) is 19.2 Å². The molecule has 1 aromatic carbocycles. The first-order valence-corrected chi connectivity index (χ1v) is 5.29. The summed E-state index contributed by atoms with van der Waals surface area (Å²) in [5.41, 5.74) is 1.73. The molecule has 15 heavy (non-hydrogen) atoms. The Kier molecular flexibility index (Phi) is 3.14. The number of H-pyrrole nitrogens is 1. The normalized spacial score (nSPS) is 11.1. The molecule has 0 radical (unpaired) electrons. The van der Waals surface area contributed by atoms with Gasteiger partial charge in [-0.1, -0.05) is 23.2 Å². The van der Waals surface area contributed by atoms with E-state index in [0.29, 0.717) is 16.7 Å². The zero-order chi connectivity index (χ0) is 10.8. The van der Waals surface area contributed by atoms with E-state index in [2.05, 4.69) is 9.97 Å². The first-order chi connectivity index (χ1) is 7.20. The Morgan fingerprint density at radius 1 is 1.33 bits per heavy atom. The molecule has 0 saturated heterocycles. The SMILES string of the molecule is COCCc1nc2cc(Cl)c(Cl)cc2[nH]1. The lowest BCUT2D eigenvalue weighted by molar-refractivity contribution is 0.201. The maximum absolute atomic E-state index is 5.90. The Morgan fingerprint density at radius 3 is 2.80 bits per heavy atom. The van der Waals surface area contributed by atoms with Crippen LogP contribution < -0.4 is 0 Å². The van der Waals surface area contributed by atoms with Crippen molar-refractivity contribution in [2.75, 3.05) is 13.7 Å². The van der Waals surface area contributed by atoms with Gasteiger partial charge in [0.1, 0.15) is 5.82 Å². The van der Waals surface area contributed by atoms with Crippen LogP contribution in [0.1, 0.15) is 5.82 Å². The van der Waals surface area contributed by atoms with E-state index in [9.17, 15) is 0 Å². The lowest BCUT2D eigenvalue weighted by atomic mass is 10.3. The Bertz CT molecular complexity index is 442. The van der Waals surface area contributed by atoms with E-state index >= 15 is 0 Å². The van der Waals surface area contributed by atoms with Crippen molar-refractivity contribution in [1.82, 2.24) is 9.97 Å². The van der Waals surface area contributed by atoms with Crippen molar-refractivity contribution in [3.05, 3.63) is 28.0 Å². The molecule has 0 aliphatic rings. The number of nitrogens with one attached hydrogen (secondary N) is 1. The van der Waals surface area contributed by atoms with Gasteiger partial charge in [-0.15, -0.1) is 0 Å². The fourth-order valence-corrected chi connectivity index (χ4v) is 1.70. The molecule has 1 heterocycles. The van der Waals surface area contributed by atoms with E-state index in [1.807, 2.05) is 0 Å². The maximum atomic E-state index is 5.90. The summed E-state index contributed by atoms with van der Waals surface area (Å²) in [4.78, 5) is 7.54. The summed E-state index contributed by atoms with van der Waals surface area (Å²) in [5, 5.41) is 1.06. The summed E-state index contributed by atoms with van der Waals surface area (Å²) >= 11 is 11.8. The van der Waals surface area contributed by atoms with Crippen LogP contribution in [-0.4, -0.2) is 23.7 Å². The Balaban J connectivity index is 2.38. The summed E-state index contributed by atoms with van der Waals surface area (Å²) < 4.78 is 4.98. The fraction of sp³-hybridized carbons (Fsp3) is 0.300. The average molecular weight is 245 g/mol. The molecule has 2 aromatic rings. The van der Waals surface area contributed by atoms with E-state index in [-0.39, 0.29) is 0 Å². The number of fused-ring (bicyclic) bond motifs is 1. The summed E-state index contributed by atoms with van der Waals surface area (Å²) in [5.74, 6) is 0.880. The van der Waals surface area contributed by atoms with Crippen molar-refractivity contribution in [2.24, 2.45) is 0 Å². The van der Waals surface area contributed by atoms with E-state index in [4.69, 9.17) is 27.9 Å². The third-order valence-electron chi connectivity index (χ3n) is 2.12.